The highest BCUT2D eigenvalue weighted by atomic mass is 16.5. The molecule has 2 aromatic rings. The molecule has 0 saturated heterocycles. The predicted octanol–water partition coefficient (Wildman–Crippen LogP) is 2.22. The summed E-state index contributed by atoms with van der Waals surface area (Å²) < 4.78 is 5.07. The van der Waals surface area contributed by atoms with Crippen molar-refractivity contribution in [2.24, 2.45) is 0 Å². The highest BCUT2D eigenvalue weighted by Crippen LogP contribution is 2.09. The van der Waals surface area contributed by atoms with Gasteiger partial charge in [-0.05, 0) is 23.3 Å². The van der Waals surface area contributed by atoms with Gasteiger partial charge in [0.05, 0.1) is 12.2 Å². The summed E-state index contributed by atoms with van der Waals surface area (Å²) >= 11 is 0. The molecule has 5 heteroatoms. The van der Waals surface area contributed by atoms with Crippen LogP contribution >= 0.6 is 0 Å². The molecule has 1 aromatic carbocycles. The van der Waals surface area contributed by atoms with Gasteiger partial charge in [0.15, 0.2) is 0 Å². The van der Waals surface area contributed by atoms with E-state index in [2.05, 4.69) is 10.3 Å². The number of amides is 1. The minimum Gasteiger partial charge on any atom is -0.380 e. The second-order valence-electron chi connectivity index (χ2n) is 5.23. The van der Waals surface area contributed by atoms with Gasteiger partial charge in [0.25, 0.3) is 5.91 Å². The van der Waals surface area contributed by atoms with Gasteiger partial charge in [-0.1, -0.05) is 24.3 Å². The number of aromatic nitrogens is 1. The van der Waals surface area contributed by atoms with Crippen LogP contribution in [-0.2, 0) is 17.9 Å². The lowest BCUT2D eigenvalue weighted by atomic mass is 10.1. The van der Waals surface area contributed by atoms with Crippen molar-refractivity contribution in [1.82, 2.24) is 10.3 Å². The van der Waals surface area contributed by atoms with Crippen molar-refractivity contribution in [3.63, 3.8) is 0 Å². The second kappa shape index (κ2) is 7.56. The maximum Gasteiger partial charge on any atom is 0.253 e. The molecule has 1 heterocycles. The standard InChI is InChI=1S/C17H21N3O2/c1-20(2)16-9-8-15(11-18-16)17(21)19-10-13-4-6-14(7-5-13)12-22-3/h4-9,11H,10,12H2,1-3H3,(H,19,21). The van der Waals surface area contributed by atoms with Crippen LogP contribution < -0.4 is 10.2 Å². The quantitative estimate of drug-likeness (QED) is 0.888. The maximum atomic E-state index is 12.1. The van der Waals surface area contributed by atoms with Crippen LogP contribution in [0.5, 0.6) is 0 Å². The molecule has 0 bridgehead atoms. The van der Waals surface area contributed by atoms with Gasteiger partial charge in [0, 0.05) is 33.9 Å². The van der Waals surface area contributed by atoms with Gasteiger partial charge in [0.1, 0.15) is 5.82 Å². The minimum absolute atomic E-state index is 0.126. The number of carbonyl (C=O) groups excluding carboxylic acids is 1. The van der Waals surface area contributed by atoms with Gasteiger partial charge >= 0.3 is 0 Å². The highest BCUT2D eigenvalue weighted by Gasteiger charge is 2.06. The zero-order chi connectivity index (χ0) is 15.9. The smallest absolute Gasteiger partial charge is 0.253 e. The molecule has 1 amide bonds. The summed E-state index contributed by atoms with van der Waals surface area (Å²) in [6.45, 7) is 1.08. The number of carbonyl (C=O) groups is 1. The topological polar surface area (TPSA) is 54.5 Å². The van der Waals surface area contributed by atoms with E-state index in [0.29, 0.717) is 18.7 Å². The number of anilines is 1. The predicted molar refractivity (Wildman–Crippen MR) is 86.9 cm³/mol. The third kappa shape index (κ3) is 4.30. The lowest BCUT2D eigenvalue weighted by Crippen LogP contribution is -2.23. The van der Waals surface area contributed by atoms with E-state index in [4.69, 9.17) is 4.74 Å². The fourth-order valence-electron chi connectivity index (χ4n) is 1.99. The summed E-state index contributed by atoms with van der Waals surface area (Å²) in [5, 5.41) is 2.89. The lowest BCUT2D eigenvalue weighted by Gasteiger charge is -2.11. The highest BCUT2D eigenvalue weighted by molar-refractivity contribution is 5.94. The molecule has 116 valence electrons. The Morgan fingerprint density at radius 3 is 2.36 bits per heavy atom. The largest absolute Gasteiger partial charge is 0.380 e. The lowest BCUT2D eigenvalue weighted by molar-refractivity contribution is 0.0950. The third-order valence-corrected chi connectivity index (χ3v) is 3.26. The molecule has 0 radical (unpaired) electrons. The van der Waals surface area contributed by atoms with Gasteiger partial charge in [-0.15, -0.1) is 0 Å². The van der Waals surface area contributed by atoms with E-state index >= 15 is 0 Å². The first-order chi connectivity index (χ1) is 10.6. The summed E-state index contributed by atoms with van der Waals surface area (Å²) in [4.78, 5) is 18.2. The van der Waals surface area contributed by atoms with Crippen molar-refractivity contribution in [1.29, 1.82) is 0 Å². The first-order valence-electron chi connectivity index (χ1n) is 7.08. The van der Waals surface area contributed by atoms with Crippen molar-refractivity contribution in [3.05, 3.63) is 59.3 Å². The average Bonchev–Trinajstić information content (AvgIpc) is 2.54. The van der Waals surface area contributed by atoms with E-state index in [0.717, 1.165) is 16.9 Å². The molecule has 0 spiro atoms. The SMILES string of the molecule is COCc1ccc(CNC(=O)c2ccc(N(C)C)nc2)cc1. The monoisotopic (exact) mass is 299 g/mol. The first kappa shape index (κ1) is 16.0. The molecule has 0 saturated carbocycles. The second-order valence-corrected chi connectivity index (χ2v) is 5.23. The van der Waals surface area contributed by atoms with Crippen molar-refractivity contribution < 1.29 is 9.53 Å². The Bertz CT molecular complexity index is 607. The number of pyridine rings is 1. The van der Waals surface area contributed by atoms with Gasteiger partial charge in [-0.2, -0.15) is 0 Å². The first-order valence-corrected chi connectivity index (χ1v) is 7.08. The van der Waals surface area contributed by atoms with Crippen LogP contribution in [0.25, 0.3) is 0 Å². The van der Waals surface area contributed by atoms with Gasteiger partial charge in [-0.25, -0.2) is 4.98 Å². The van der Waals surface area contributed by atoms with E-state index < -0.39 is 0 Å². The normalized spacial score (nSPS) is 10.3. The molecule has 1 N–H and O–H groups in total. The van der Waals surface area contributed by atoms with Gasteiger partial charge in [-0.3, -0.25) is 4.79 Å². The summed E-state index contributed by atoms with van der Waals surface area (Å²) in [6, 6.07) is 11.6. The van der Waals surface area contributed by atoms with Crippen LogP contribution in [0.4, 0.5) is 5.82 Å². The average molecular weight is 299 g/mol. The van der Waals surface area contributed by atoms with E-state index in [1.807, 2.05) is 49.3 Å². The van der Waals surface area contributed by atoms with Crippen LogP contribution in [0.2, 0.25) is 0 Å². The van der Waals surface area contributed by atoms with Crippen LogP contribution in [0.1, 0.15) is 21.5 Å². The fraction of sp³-hybridized carbons (Fsp3) is 0.294. The molecule has 0 aliphatic heterocycles. The van der Waals surface area contributed by atoms with Crippen molar-refractivity contribution in [3.8, 4) is 0 Å². The summed E-state index contributed by atoms with van der Waals surface area (Å²) in [6.07, 6.45) is 1.59. The Morgan fingerprint density at radius 2 is 1.82 bits per heavy atom. The number of benzene rings is 1. The summed E-state index contributed by atoms with van der Waals surface area (Å²) in [7, 11) is 5.49. The molecule has 0 aliphatic rings. The Hall–Kier alpha value is -2.40. The third-order valence-electron chi connectivity index (χ3n) is 3.26. The molecule has 22 heavy (non-hydrogen) atoms. The molecule has 0 atom stereocenters. The number of nitrogens with one attached hydrogen (secondary N) is 1. The van der Waals surface area contributed by atoms with E-state index in [1.54, 1.807) is 19.4 Å². The molecular weight excluding hydrogens is 278 g/mol. The summed E-state index contributed by atoms with van der Waals surface area (Å²) in [5.41, 5.74) is 2.72. The van der Waals surface area contributed by atoms with Crippen molar-refractivity contribution >= 4 is 11.7 Å². The Balaban J connectivity index is 1.91. The van der Waals surface area contributed by atoms with Gasteiger partial charge < -0.3 is 15.0 Å². The molecule has 5 nitrogen and oxygen atoms in total. The minimum atomic E-state index is -0.126. The molecule has 0 aliphatic carbocycles. The molecule has 0 unspecified atom stereocenters. The van der Waals surface area contributed by atoms with Crippen molar-refractivity contribution in [2.45, 2.75) is 13.2 Å². The van der Waals surface area contributed by atoms with Crippen LogP contribution in [0.3, 0.4) is 0 Å². The van der Waals surface area contributed by atoms with E-state index in [-0.39, 0.29) is 5.91 Å². The van der Waals surface area contributed by atoms with E-state index in [9.17, 15) is 4.79 Å². The van der Waals surface area contributed by atoms with Crippen LogP contribution in [0.15, 0.2) is 42.6 Å². The Morgan fingerprint density at radius 1 is 1.14 bits per heavy atom. The number of hydrogen-bond donors (Lipinski definition) is 1. The number of methoxy groups -OCH3 is 1. The number of hydrogen-bond acceptors (Lipinski definition) is 4. The maximum absolute atomic E-state index is 12.1. The Labute approximate surface area is 130 Å². The van der Waals surface area contributed by atoms with Gasteiger partial charge in [0.2, 0.25) is 0 Å². The number of rotatable bonds is 6. The zero-order valence-electron chi connectivity index (χ0n) is 13.2. The Kier molecular flexibility index (Phi) is 5.49. The van der Waals surface area contributed by atoms with Crippen LogP contribution in [0, 0.1) is 0 Å². The number of ether oxygens (including phenoxy) is 1. The number of nitrogens with zero attached hydrogens (tertiary/aromatic N) is 2. The molecular formula is C17H21N3O2. The summed E-state index contributed by atoms with van der Waals surface area (Å²) in [5.74, 6) is 0.698. The molecule has 2 rings (SSSR count). The van der Waals surface area contributed by atoms with Crippen molar-refractivity contribution in [2.75, 3.05) is 26.1 Å². The van der Waals surface area contributed by atoms with Crippen LogP contribution in [-0.4, -0.2) is 32.1 Å². The molecule has 0 fully saturated rings. The zero-order valence-corrected chi connectivity index (χ0v) is 13.2. The fourth-order valence-corrected chi connectivity index (χ4v) is 1.99. The molecule has 1 aromatic heterocycles. The van der Waals surface area contributed by atoms with E-state index in [1.165, 1.54) is 0 Å².